The molecule has 0 aliphatic rings. The van der Waals surface area contributed by atoms with Crippen LogP contribution >= 0.6 is 11.6 Å². The molecule has 11 heteroatoms. The molecule has 1 amide bonds. The minimum Gasteiger partial charge on any atom is -0.504 e. The van der Waals surface area contributed by atoms with Gasteiger partial charge in [-0.2, -0.15) is 5.10 Å². The number of nitrogens with zero attached hydrogens (tertiary/aromatic N) is 1. The summed E-state index contributed by atoms with van der Waals surface area (Å²) in [5.74, 6) is -1.45. The third-order valence-corrected chi connectivity index (χ3v) is 5.81. The van der Waals surface area contributed by atoms with Crippen LogP contribution in [-0.4, -0.2) is 37.9 Å². The fraction of sp³-hybridized carbons (Fsp3) is 0.0476. The number of anilines is 1. The van der Waals surface area contributed by atoms with Crippen molar-refractivity contribution in [3.05, 3.63) is 76.8 Å². The highest BCUT2D eigenvalue weighted by Gasteiger charge is 2.16. The van der Waals surface area contributed by atoms with Crippen LogP contribution in [0.2, 0.25) is 5.02 Å². The van der Waals surface area contributed by atoms with Gasteiger partial charge in [-0.1, -0.05) is 17.7 Å². The Bertz CT molecular complexity index is 1280. The number of benzene rings is 3. The first kappa shape index (κ1) is 22.9. The second kappa shape index (κ2) is 9.58. The number of aromatic hydroxyl groups is 2. The smallest absolute Gasteiger partial charge is 0.271 e. The molecule has 0 aliphatic heterocycles. The Kier molecular flexibility index (Phi) is 6.86. The predicted octanol–water partition coefficient (Wildman–Crippen LogP) is 3.32. The second-order valence-corrected chi connectivity index (χ2v) is 8.55. The zero-order chi connectivity index (χ0) is 23.3. The molecule has 0 aliphatic carbocycles. The first-order valence-electron chi connectivity index (χ1n) is 9.01. The van der Waals surface area contributed by atoms with Gasteiger partial charge in [0.15, 0.2) is 11.5 Å². The van der Waals surface area contributed by atoms with Gasteiger partial charge in [-0.3, -0.25) is 9.52 Å². The molecular weight excluding hydrogens is 458 g/mol. The highest BCUT2D eigenvalue weighted by molar-refractivity contribution is 7.92. The largest absolute Gasteiger partial charge is 0.504 e. The Balaban J connectivity index is 1.73. The van der Waals surface area contributed by atoms with E-state index in [1.807, 2.05) is 0 Å². The van der Waals surface area contributed by atoms with Gasteiger partial charge in [-0.15, -0.1) is 0 Å². The predicted molar refractivity (Wildman–Crippen MR) is 120 cm³/mol. The molecule has 0 aromatic heterocycles. The van der Waals surface area contributed by atoms with Gasteiger partial charge >= 0.3 is 0 Å². The number of carbonyl (C=O) groups is 1. The number of rotatable bonds is 7. The van der Waals surface area contributed by atoms with E-state index in [0.29, 0.717) is 16.3 Å². The van der Waals surface area contributed by atoms with Crippen LogP contribution in [0.1, 0.15) is 15.9 Å². The summed E-state index contributed by atoms with van der Waals surface area (Å²) in [6.07, 6.45) is 1.22. The Morgan fingerprint density at radius 3 is 2.50 bits per heavy atom. The summed E-state index contributed by atoms with van der Waals surface area (Å²) >= 11 is 5.80. The number of hydrogen-bond donors (Lipinski definition) is 4. The lowest BCUT2D eigenvalue weighted by Crippen LogP contribution is -2.19. The van der Waals surface area contributed by atoms with Crippen LogP contribution < -0.4 is 14.9 Å². The normalized spacial score (nSPS) is 11.3. The van der Waals surface area contributed by atoms with Crippen molar-refractivity contribution in [1.82, 2.24) is 5.43 Å². The van der Waals surface area contributed by atoms with E-state index in [-0.39, 0.29) is 16.2 Å². The molecule has 3 aromatic rings. The van der Waals surface area contributed by atoms with Gasteiger partial charge in [0.2, 0.25) is 5.75 Å². The number of halogens is 1. The van der Waals surface area contributed by atoms with Crippen LogP contribution in [0.15, 0.2) is 70.7 Å². The van der Waals surface area contributed by atoms with Gasteiger partial charge in [0.1, 0.15) is 0 Å². The number of hydrogen-bond acceptors (Lipinski definition) is 7. The number of nitrogens with one attached hydrogen (secondary N) is 2. The highest BCUT2D eigenvalue weighted by Crippen LogP contribution is 2.35. The van der Waals surface area contributed by atoms with Crippen molar-refractivity contribution < 1.29 is 28.2 Å². The molecular formula is C21H18ClN3O6S. The SMILES string of the molecule is COc1cc(/C=N/NC(=O)c2cccc(S(=O)(=O)Nc3ccc(Cl)cc3)c2)cc(O)c1O. The first-order valence-corrected chi connectivity index (χ1v) is 10.9. The second-order valence-electron chi connectivity index (χ2n) is 6.43. The topological polar surface area (TPSA) is 137 Å². The van der Waals surface area contributed by atoms with Crippen LogP contribution in [0.25, 0.3) is 0 Å². The average Bonchev–Trinajstić information content (AvgIpc) is 2.77. The zero-order valence-corrected chi connectivity index (χ0v) is 18.2. The van der Waals surface area contributed by atoms with E-state index in [0.717, 1.165) is 0 Å². The summed E-state index contributed by atoms with van der Waals surface area (Å²) in [5.41, 5.74) is 3.00. The van der Waals surface area contributed by atoms with E-state index in [1.165, 1.54) is 61.9 Å². The maximum atomic E-state index is 12.6. The molecule has 9 nitrogen and oxygen atoms in total. The number of phenols is 2. The molecule has 0 radical (unpaired) electrons. The monoisotopic (exact) mass is 475 g/mol. The maximum absolute atomic E-state index is 12.6. The third-order valence-electron chi connectivity index (χ3n) is 4.18. The number of ether oxygens (including phenoxy) is 1. The van der Waals surface area contributed by atoms with Crippen molar-refractivity contribution in [1.29, 1.82) is 0 Å². The fourth-order valence-electron chi connectivity index (χ4n) is 2.61. The van der Waals surface area contributed by atoms with Crippen molar-refractivity contribution in [3.8, 4) is 17.2 Å². The molecule has 0 heterocycles. The van der Waals surface area contributed by atoms with E-state index in [2.05, 4.69) is 15.2 Å². The van der Waals surface area contributed by atoms with Crippen molar-refractivity contribution in [3.63, 3.8) is 0 Å². The molecule has 0 spiro atoms. The van der Waals surface area contributed by atoms with Crippen molar-refractivity contribution in [2.75, 3.05) is 11.8 Å². The molecule has 0 saturated carbocycles. The van der Waals surface area contributed by atoms with Gasteiger partial charge in [0, 0.05) is 21.8 Å². The molecule has 0 saturated heterocycles. The Hall–Kier alpha value is -3.76. The summed E-state index contributed by atoms with van der Waals surface area (Å²) in [6, 6.07) is 14.2. The molecule has 0 fully saturated rings. The van der Waals surface area contributed by atoms with Gasteiger partial charge in [-0.05, 0) is 54.6 Å². The molecule has 4 N–H and O–H groups in total. The number of sulfonamides is 1. The maximum Gasteiger partial charge on any atom is 0.271 e. The van der Waals surface area contributed by atoms with Crippen molar-refractivity contribution >= 4 is 39.4 Å². The number of hydrazone groups is 1. The standard InChI is InChI=1S/C21H18ClN3O6S/c1-31-19-10-13(9-18(26)20(19)27)12-23-24-21(28)14-3-2-4-17(11-14)32(29,30)25-16-7-5-15(22)6-8-16/h2-12,25-27H,1H3,(H,24,28)/b23-12+. The molecule has 166 valence electrons. The summed E-state index contributed by atoms with van der Waals surface area (Å²) in [5, 5.41) is 23.6. The van der Waals surface area contributed by atoms with Crippen LogP contribution in [0.3, 0.4) is 0 Å². The van der Waals surface area contributed by atoms with E-state index < -0.39 is 27.4 Å². The van der Waals surface area contributed by atoms with Crippen LogP contribution in [0, 0.1) is 0 Å². The lowest BCUT2D eigenvalue weighted by Gasteiger charge is -2.09. The summed E-state index contributed by atoms with van der Waals surface area (Å²) in [7, 11) is -2.62. The zero-order valence-electron chi connectivity index (χ0n) is 16.6. The molecule has 0 atom stereocenters. The molecule has 32 heavy (non-hydrogen) atoms. The minimum absolute atomic E-state index is 0.0314. The summed E-state index contributed by atoms with van der Waals surface area (Å²) in [4.78, 5) is 12.3. The van der Waals surface area contributed by atoms with Gasteiger partial charge < -0.3 is 14.9 Å². The van der Waals surface area contributed by atoms with E-state index in [1.54, 1.807) is 12.1 Å². The van der Waals surface area contributed by atoms with Crippen molar-refractivity contribution in [2.24, 2.45) is 5.10 Å². The lowest BCUT2D eigenvalue weighted by molar-refractivity contribution is 0.0955. The van der Waals surface area contributed by atoms with Gasteiger partial charge in [0.05, 0.1) is 18.2 Å². The minimum atomic E-state index is -3.94. The van der Waals surface area contributed by atoms with E-state index in [9.17, 15) is 23.4 Å². The van der Waals surface area contributed by atoms with Gasteiger partial charge in [-0.25, -0.2) is 13.8 Å². The highest BCUT2D eigenvalue weighted by atomic mass is 35.5. The summed E-state index contributed by atoms with van der Waals surface area (Å²) < 4.78 is 32.6. The number of amides is 1. The van der Waals surface area contributed by atoms with Crippen LogP contribution in [0.5, 0.6) is 17.2 Å². The van der Waals surface area contributed by atoms with E-state index in [4.69, 9.17) is 16.3 Å². The Labute approximate surface area is 189 Å². The molecule has 3 aromatic carbocycles. The summed E-state index contributed by atoms with van der Waals surface area (Å²) in [6.45, 7) is 0. The third kappa shape index (κ3) is 5.48. The number of phenolic OH excluding ortho intramolecular Hbond substituents is 2. The molecule has 0 bridgehead atoms. The Morgan fingerprint density at radius 2 is 1.81 bits per heavy atom. The Morgan fingerprint density at radius 1 is 1.09 bits per heavy atom. The average molecular weight is 476 g/mol. The molecule has 0 unspecified atom stereocenters. The van der Waals surface area contributed by atoms with Crippen LogP contribution in [-0.2, 0) is 10.0 Å². The lowest BCUT2D eigenvalue weighted by atomic mass is 10.2. The quantitative estimate of drug-likeness (QED) is 0.235. The number of carbonyl (C=O) groups excluding carboxylic acids is 1. The fourth-order valence-corrected chi connectivity index (χ4v) is 3.84. The van der Waals surface area contributed by atoms with E-state index >= 15 is 0 Å². The van der Waals surface area contributed by atoms with Crippen molar-refractivity contribution in [2.45, 2.75) is 4.90 Å². The molecule has 3 rings (SSSR count). The first-order chi connectivity index (χ1) is 15.2. The van der Waals surface area contributed by atoms with Crippen LogP contribution in [0.4, 0.5) is 5.69 Å². The van der Waals surface area contributed by atoms with Gasteiger partial charge in [0.25, 0.3) is 15.9 Å². The number of methoxy groups -OCH3 is 1.